The number of methoxy groups -OCH3 is 2. The number of hydrogen-bond donors (Lipinski definition) is 0. The lowest BCUT2D eigenvalue weighted by Crippen LogP contribution is -2.03. The number of carbonyl (C=O) groups is 1. The smallest absolute Gasteiger partial charge is 0.134 e. The van der Waals surface area contributed by atoms with E-state index in [0.29, 0.717) is 17.1 Å². The van der Waals surface area contributed by atoms with Gasteiger partial charge in [0, 0.05) is 24.1 Å². The van der Waals surface area contributed by atoms with Crippen molar-refractivity contribution in [3.8, 4) is 11.5 Å². The Morgan fingerprint density at radius 3 is 2.07 bits per heavy atom. The Morgan fingerprint density at radius 1 is 1.27 bits per heavy atom. The van der Waals surface area contributed by atoms with Crippen LogP contribution >= 0.6 is 0 Å². The van der Waals surface area contributed by atoms with Crippen molar-refractivity contribution in [3.05, 3.63) is 23.5 Å². The number of hydrogen-bond acceptors (Lipinski definition) is 3. The van der Waals surface area contributed by atoms with Gasteiger partial charge < -0.3 is 9.47 Å². The fourth-order valence-electron chi connectivity index (χ4n) is 1.38. The van der Waals surface area contributed by atoms with Gasteiger partial charge in [-0.05, 0) is 6.92 Å². The summed E-state index contributed by atoms with van der Waals surface area (Å²) in [5.41, 5.74) is 0.578. The third-order valence-corrected chi connectivity index (χ3v) is 2.00. The van der Waals surface area contributed by atoms with E-state index in [1.54, 1.807) is 0 Å². The minimum absolute atomic E-state index is 0.0294. The molecule has 0 aliphatic heterocycles. The van der Waals surface area contributed by atoms with Crippen molar-refractivity contribution in [1.29, 1.82) is 0 Å². The van der Waals surface area contributed by atoms with Crippen LogP contribution in [0.5, 0.6) is 11.5 Å². The Hall–Kier alpha value is -1.58. The van der Waals surface area contributed by atoms with Gasteiger partial charge in [-0.2, -0.15) is 0 Å². The summed E-state index contributed by atoms with van der Waals surface area (Å²) in [6.07, 6.45) is 0.173. The highest BCUT2D eigenvalue weighted by atomic mass is 19.1. The van der Waals surface area contributed by atoms with E-state index in [4.69, 9.17) is 9.47 Å². The maximum absolute atomic E-state index is 13.1. The van der Waals surface area contributed by atoms with Gasteiger partial charge in [-0.15, -0.1) is 0 Å². The van der Waals surface area contributed by atoms with Crippen molar-refractivity contribution in [2.75, 3.05) is 14.2 Å². The van der Waals surface area contributed by atoms with Crippen LogP contribution in [0, 0.1) is 5.82 Å². The van der Waals surface area contributed by atoms with E-state index in [1.807, 2.05) is 0 Å². The van der Waals surface area contributed by atoms with Gasteiger partial charge in [-0.3, -0.25) is 4.79 Å². The molecule has 0 heterocycles. The van der Waals surface area contributed by atoms with Crippen LogP contribution in [0.3, 0.4) is 0 Å². The fourth-order valence-corrected chi connectivity index (χ4v) is 1.38. The quantitative estimate of drug-likeness (QED) is 0.765. The molecule has 0 aliphatic rings. The second-order valence-electron chi connectivity index (χ2n) is 3.17. The normalized spacial score (nSPS) is 9.87. The molecule has 1 aromatic carbocycles. The molecule has 0 N–H and O–H groups in total. The Morgan fingerprint density at radius 2 is 1.73 bits per heavy atom. The van der Waals surface area contributed by atoms with Gasteiger partial charge in [-0.25, -0.2) is 4.39 Å². The van der Waals surface area contributed by atoms with E-state index in [2.05, 4.69) is 0 Å². The largest absolute Gasteiger partial charge is 0.496 e. The van der Waals surface area contributed by atoms with E-state index in [-0.39, 0.29) is 12.2 Å². The Balaban J connectivity index is 3.23. The van der Waals surface area contributed by atoms with Gasteiger partial charge in [0.25, 0.3) is 0 Å². The van der Waals surface area contributed by atoms with Crippen LogP contribution < -0.4 is 9.47 Å². The number of Topliss-reactive ketones (excluding diaryl/α,β-unsaturated/α-hetero) is 1. The number of benzene rings is 1. The molecular weight excluding hydrogens is 199 g/mol. The summed E-state index contributed by atoms with van der Waals surface area (Å²) in [5.74, 6) is 0.193. The molecule has 0 bridgehead atoms. The minimum atomic E-state index is -0.448. The highest BCUT2D eigenvalue weighted by Gasteiger charge is 2.14. The van der Waals surface area contributed by atoms with E-state index < -0.39 is 5.82 Å². The van der Waals surface area contributed by atoms with Crippen LogP contribution in [-0.2, 0) is 11.2 Å². The third kappa shape index (κ3) is 2.68. The van der Waals surface area contributed by atoms with Crippen LogP contribution in [0.4, 0.5) is 4.39 Å². The molecule has 0 aromatic heterocycles. The van der Waals surface area contributed by atoms with Crippen LogP contribution in [0.25, 0.3) is 0 Å². The predicted molar refractivity (Wildman–Crippen MR) is 53.9 cm³/mol. The van der Waals surface area contributed by atoms with Crippen molar-refractivity contribution < 1.29 is 18.7 Å². The maximum atomic E-state index is 13.1. The zero-order valence-electron chi connectivity index (χ0n) is 8.96. The van der Waals surface area contributed by atoms with Gasteiger partial charge in [0.05, 0.1) is 14.2 Å². The Kier molecular flexibility index (Phi) is 3.66. The molecule has 0 atom stereocenters. The molecule has 0 radical (unpaired) electrons. The molecule has 4 heteroatoms. The Labute approximate surface area is 87.8 Å². The number of ether oxygens (including phenoxy) is 2. The molecule has 1 rings (SSSR count). The topological polar surface area (TPSA) is 35.5 Å². The number of carbonyl (C=O) groups excluding carboxylic acids is 1. The molecule has 0 saturated heterocycles. The molecule has 0 saturated carbocycles. The molecule has 0 spiro atoms. The summed E-state index contributed by atoms with van der Waals surface area (Å²) in [7, 11) is 2.86. The zero-order valence-corrected chi connectivity index (χ0v) is 8.96. The van der Waals surface area contributed by atoms with Crippen LogP contribution in [0.15, 0.2) is 12.1 Å². The van der Waals surface area contributed by atoms with Crippen molar-refractivity contribution in [2.24, 2.45) is 0 Å². The maximum Gasteiger partial charge on any atom is 0.134 e. The lowest BCUT2D eigenvalue weighted by atomic mass is 10.1. The van der Waals surface area contributed by atoms with Crippen molar-refractivity contribution in [3.63, 3.8) is 0 Å². The number of halogens is 1. The molecule has 1 aromatic rings. The number of ketones is 1. The third-order valence-electron chi connectivity index (χ3n) is 2.00. The summed E-state index contributed by atoms with van der Waals surface area (Å²) < 4.78 is 23.1. The lowest BCUT2D eigenvalue weighted by molar-refractivity contribution is -0.116. The van der Waals surface area contributed by atoms with Crippen LogP contribution in [-0.4, -0.2) is 20.0 Å². The molecular formula is C11H13FO3. The van der Waals surface area contributed by atoms with E-state index in [0.717, 1.165) is 0 Å². The highest BCUT2D eigenvalue weighted by molar-refractivity contribution is 5.80. The monoisotopic (exact) mass is 212 g/mol. The van der Waals surface area contributed by atoms with Gasteiger partial charge in [0.1, 0.15) is 23.1 Å². The van der Waals surface area contributed by atoms with Gasteiger partial charge in [-0.1, -0.05) is 0 Å². The summed E-state index contributed by atoms with van der Waals surface area (Å²) in [6.45, 7) is 1.46. The summed E-state index contributed by atoms with van der Waals surface area (Å²) in [4.78, 5) is 11.0. The number of rotatable bonds is 4. The summed E-state index contributed by atoms with van der Waals surface area (Å²) in [6, 6.07) is 2.47. The molecule has 82 valence electrons. The van der Waals surface area contributed by atoms with Crippen molar-refractivity contribution in [2.45, 2.75) is 13.3 Å². The lowest BCUT2D eigenvalue weighted by Gasteiger charge is -2.12. The SMILES string of the molecule is COc1cc(F)cc(OC)c1CC(C)=O. The first-order chi connectivity index (χ1) is 7.08. The molecule has 0 unspecified atom stereocenters. The average molecular weight is 212 g/mol. The van der Waals surface area contributed by atoms with Gasteiger partial charge >= 0.3 is 0 Å². The second kappa shape index (κ2) is 4.77. The fraction of sp³-hybridized carbons (Fsp3) is 0.364. The highest BCUT2D eigenvalue weighted by Crippen LogP contribution is 2.30. The van der Waals surface area contributed by atoms with Gasteiger partial charge in [0.2, 0.25) is 0 Å². The molecule has 0 aliphatic carbocycles. The summed E-state index contributed by atoms with van der Waals surface area (Å²) >= 11 is 0. The molecule has 3 nitrogen and oxygen atoms in total. The van der Waals surface area contributed by atoms with Crippen molar-refractivity contribution in [1.82, 2.24) is 0 Å². The Bertz CT molecular complexity index is 349. The predicted octanol–water partition coefficient (Wildman–Crippen LogP) is 1.97. The molecule has 0 amide bonds. The first-order valence-corrected chi connectivity index (χ1v) is 4.48. The zero-order chi connectivity index (χ0) is 11.4. The van der Waals surface area contributed by atoms with E-state index in [9.17, 15) is 9.18 Å². The first-order valence-electron chi connectivity index (χ1n) is 4.48. The second-order valence-corrected chi connectivity index (χ2v) is 3.17. The van der Waals surface area contributed by atoms with Crippen molar-refractivity contribution >= 4 is 5.78 Å². The van der Waals surface area contributed by atoms with E-state index in [1.165, 1.54) is 33.3 Å². The van der Waals surface area contributed by atoms with Crippen LogP contribution in [0.1, 0.15) is 12.5 Å². The molecule has 15 heavy (non-hydrogen) atoms. The van der Waals surface area contributed by atoms with Gasteiger partial charge in [0.15, 0.2) is 0 Å². The summed E-state index contributed by atoms with van der Waals surface area (Å²) in [5, 5.41) is 0. The standard InChI is InChI=1S/C11H13FO3/c1-7(13)4-9-10(14-2)5-8(12)6-11(9)15-3/h5-6H,4H2,1-3H3. The minimum Gasteiger partial charge on any atom is -0.496 e. The first kappa shape index (κ1) is 11.5. The average Bonchev–Trinajstić information content (AvgIpc) is 2.19. The van der Waals surface area contributed by atoms with E-state index >= 15 is 0 Å². The van der Waals surface area contributed by atoms with Crippen LogP contribution in [0.2, 0.25) is 0 Å². The molecule has 0 fully saturated rings.